The number of aryl methyl sites for hydroxylation is 2. The fourth-order valence-electron chi connectivity index (χ4n) is 2.52. The van der Waals surface area contributed by atoms with Crippen molar-refractivity contribution in [2.45, 2.75) is 20.8 Å². The lowest BCUT2D eigenvalue weighted by Crippen LogP contribution is -2.17. The summed E-state index contributed by atoms with van der Waals surface area (Å²) in [5, 5.41) is 15.9. The molecule has 1 amide bonds. The Morgan fingerprint density at radius 3 is 2.44 bits per heavy atom. The lowest BCUT2D eigenvalue weighted by atomic mass is 10.1. The number of anilines is 1. The molecule has 0 bridgehead atoms. The number of aliphatic carboxylic acids is 1. The average molecular weight is 251 g/mol. The number of amides is 1. The van der Waals surface area contributed by atoms with E-state index in [1.807, 2.05) is 0 Å². The number of carboxylic acids is 1. The van der Waals surface area contributed by atoms with E-state index in [0.717, 1.165) is 5.69 Å². The van der Waals surface area contributed by atoms with Crippen LogP contribution in [0.25, 0.3) is 0 Å². The Morgan fingerprint density at radius 1 is 1.44 bits per heavy atom. The molecule has 1 aromatic rings. The number of nitrogens with zero attached hydrogens (tertiary/aromatic N) is 2. The fraction of sp³-hybridized carbons (Fsp3) is 0.583. The lowest BCUT2D eigenvalue weighted by Gasteiger charge is -2.04. The lowest BCUT2D eigenvalue weighted by molar-refractivity contribution is -0.140. The fourth-order valence-corrected chi connectivity index (χ4v) is 2.52. The van der Waals surface area contributed by atoms with Crippen molar-refractivity contribution < 1.29 is 14.7 Å². The van der Waals surface area contributed by atoms with Crippen LogP contribution in [0.3, 0.4) is 0 Å². The number of carbonyl (C=O) groups excluding carboxylic acids is 1. The summed E-state index contributed by atoms with van der Waals surface area (Å²) < 4.78 is 1.61. The molecule has 18 heavy (non-hydrogen) atoms. The zero-order chi connectivity index (χ0) is 13.7. The molecular formula is C12H17N3O3. The second kappa shape index (κ2) is 3.83. The minimum absolute atomic E-state index is 0.247. The third-order valence-electron chi connectivity index (χ3n) is 3.65. The van der Waals surface area contributed by atoms with Gasteiger partial charge in [0.25, 0.3) is 0 Å². The predicted molar refractivity (Wildman–Crippen MR) is 65.0 cm³/mol. The number of hydrogen-bond acceptors (Lipinski definition) is 3. The second-order valence-electron chi connectivity index (χ2n) is 5.41. The van der Waals surface area contributed by atoms with Crippen molar-refractivity contribution in [3.05, 3.63) is 11.9 Å². The van der Waals surface area contributed by atoms with E-state index < -0.39 is 23.2 Å². The second-order valence-corrected chi connectivity index (χ2v) is 5.41. The van der Waals surface area contributed by atoms with E-state index in [1.54, 1.807) is 38.7 Å². The van der Waals surface area contributed by atoms with E-state index in [1.165, 1.54) is 0 Å². The number of carboxylic acid groups (broad SMARTS) is 1. The van der Waals surface area contributed by atoms with Gasteiger partial charge in [-0.25, -0.2) is 0 Å². The first-order chi connectivity index (χ1) is 8.25. The summed E-state index contributed by atoms with van der Waals surface area (Å²) in [6, 6.07) is 0. The summed E-state index contributed by atoms with van der Waals surface area (Å²) in [5.74, 6) is -2.24. The van der Waals surface area contributed by atoms with Crippen molar-refractivity contribution in [3.63, 3.8) is 0 Å². The monoisotopic (exact) mass is 251 g/mol. The van der Waals surface area contributed by atoms with E-state index in [4.69, 9.17) is 5.11 Å². The molecule has 1 saturated carbocycles. The summed E-state index contributed by atoms with van der Waals surface area (Å²) in [7, 11) is 1.77. The molecule has 2 N–H and O–H groups in total. The Bertz CT molecular complexity index is 519. The van der Waals surface area contributed by atoms with Crippen molar-refractivity contribution in [3.8, 4) is 0 Å². The summed E-state index contributed by atoms with van der Waals surface area (Å²) in [5.41, 5.74) is 0.872. The van der Waals surface area contributed by atoms with E-state index in [-0.39, 0.29) is 5.91 Å². The topological polar surface area (TPSA) is 84.2 Å². The van der Waals surface area contributed by atoms with Crippen LogP contribution in [-0.2, 0) is 16.6 Å². The van der Waals surface area contributed by atoms with Crippen LogP contribution in [0.15, 0.2) is 6.20 Å². The van der Waals surface area contributed by atoms with Gasteiger partial charge in [0.1, 0.15) is 0 Å². The molecule has 2 atom stereocenters. The Morgan fingerprint density at radius 2 is 2.06 bits per heavy atom. The van der Waals surface area contributed by atoms with Gasteiger partial charge in [-0.05, 0) is 12.3 Å². The van der Waals surface area contributed by atoms with Crippen LogP contribution in [0.2, 0.25) is 0 Å². The van der Waals surface area contributed by atoms with Gasteiger partial charge >= 0.3 is 5.97 Å². The molecule has 6 nitrogen and oxygen atoms in total. The first-order valence-electron chi connectivity index (χ1n) is 5.79. The van der Waals surface area contributed by atoms with Crippen molar-refractivity contribution >= 4 is 17.6 Å². The van der Waals surface area contributed by atoms with Crippen LogP contribution in [0, 0.1) is 24.2 Å². The van der Waals surface area contributed by atoms with Crippen molar-refractivity contribution in [1.82, 2.24) is 9.78 Å². The van der Waals surface area contributed by atoms with E-state index in [0.29, 0.717) is 5.69 Å². The maximum Gasteiger partial charge on any atom is 0.307 e. The van der Waals surface area contributed by atoms with Gasteiger partial charge in [-0.1, -0.05) is 13.8 Å². The molecule has 0 aromatic carbocycles. The molecule has 1 fully saturated rings. The standard InChI is InChI=1S/C12H17N3O3/c1-6-7(5-15(4)14-6)13-10(16)8-9(11(17)18)12(8,2)3/h5,8-9H,1-4H3,(H,13,16)(H,17,18). The normalized spacial score (nSPS) is 24.7. The molecule has 0 saturated heterocycles. The van der Waals surface area contributed by atoms with Crippen LogP contribution in [0.4, 0.5) is 5.69 Å². The van der Waals surface area contributed by atoms with E-state index >= 15 is 0 Å². The number of nitrogens with one attached hydrogen (secondary N) is 1. The molecule has 1 aliphatic carbocycles. The van der Waals surface area contributed by atoms with Gasteiger partial charge < -0.3 is 10.4 Å². The Balaban J connectivity index is 2.11. The predicted octanol–water partition coefficient (Wildman–Crippen LogP) is 1.02. The maximum absolute atomic E-state index is 12.1. The highest BCUT2D eigenvalue weighted by Gasteiger charge is 2.65. The molecular weight excluding hydrogens is 234 g/mol. The zero-order valence-corrected chi connectivity index (χ0v) is 10.9. The number of aromatic nitrogens is 2. The van der Waals surface area contributed by atoms with Crippen LogP contribution in [0.5, 0.6) is 0 Å². The van der Waals surface area contributed by atoms with Gasteiger partial charge in [0.05, 0.1) is 23.2 Å². The first kappa shape index (κ1) is 12.6. The maximum atomic E-state index is 12.1. The Hall–Kier alpha value is -1.85. The molecule has 2 rings (SSSR count). The van der Waals surface area contributed by atoms with Gasteiger partial charge in [0, 0.05) is 13.2 Å². The summed E-state index contributed by atoms with van der Waals surface area (Å²) in [6.07, 6.45) is 1.71. The quantitative estimate of drug-likeness (QED) is 0.840. The number of carbonyl (C=O) groups is 2. The van der Waals surface area contributed by atoms with Crippen LogP contribution >= 0.6 is 0 Å². The summed E-state index contributed by atoms with van der Waals surface area (Å²) in [6.45, 7) is 5.39. The minimum Gasteiger partial charge on any atom is -0.481 e. The van der Waals surface area contributed by atoms with Gasteiger partial charge in [0.2, 0.25) is 5.91 Å². The minimum atomic E-state index is -0.914. The first-order valence-corrected chi connectivity index (χ1v) is 5.79. The zero-order valence-electron chi connectivity index (χ0n) is 10.9. The van der Waals surface area contributed by atoms with Gasteiger partial charge in [-0.15, -0.1) is 0 Å². The molecule has 6 heteroatoms. The molecule has 2 unspecified atom stereocenters. The molecule has 1 aliphatic rings. The molecule has 0 aliphatic heterocycles. The average Bonchev–Trinajstić information content (AvgIpc) is 2.66. The highest BCUT2D eigenvalue weighted by molar-refractivity contribution is 5.99. The Kier molecular flexibility index (Phi) is 2.68. The van der Waals surface area contributed by atoms with Crippen molar-refractivity contribution in [1.29, 1.82) is 0 Å². The third-order valence-corrected chi connectivity index (χ3v) is 3.65. The third kappa shape index (κ3) is 1.87. The van der Waals surface area contributed by atoms with Gasteiger partial charge in [-0.3, -0.25) is 14.3 Å². The number of hydrogen-bond donors (Lipinski definition) is 2. The molecule has 1 aromatic heterocycles. The van der Waals surface area contributed by atoms with Gasteiger partial charge in [0.15, 0.2) is 0 Å². The SMILES string of the molecule is Cc1nn(C)cc1NC(=O)C1C(C(=O)O)C1(C)C. The van der Waals surface area contributed by atoms with Crippen molar-refractivity contribution in [2.75, 3.05) is 5.32 Å². The van der Waals surface area contributed by atoms with E-state index in [9.17, 15) is 9.59 Å². The van der Waals surface area contributed by atoms with Crippen LogP contribution in [-0.4, -0.2) is 26.8 Å². The molecule has 98 valence electrons. The molecule has 0 radical (unpaired) electrons. The van der Waals surface area contributed by atoms with Crippen LogP contribution in [0.1, 0.15) is 19.5 Å². The van der Waals surface area contributed by atoms with Gasteiger partial charge in [-0.2, -0.15) is 5.10 Å². The largest absolute Gasteiger partial charge is 0.481 e. The Labute approximate surface area is 105 Å². The summed E-state index contributed by atoms with van der Waals surface area (Å²) in [4.78, 5) is 23.1. The number of rotatable bonds is 3. The summed E-state index contributed by atoms with van der Waals surface area (Å²) >= 11 is 0. The van der Waals surface area contributed by atoms with E-state index in [2.05, 4.69) is 10.4 Å². The van der Waals surface area contributed by atoms with Crippen molar-refractivity contribution in [2.24, 2.45) is 24.3 Å². The van der Waals surface area contributed by atoms with Crippen LogP contribution < -0.4 is 5.32 Å². The molecule has 1 heterocycles. The highest BCUT2D eigenvalue weighted by Crippen LogP contribution is 2.58. The highest BCUT2D eigenvalue weighted by atomic mass is 16.4. The smallest absolute Gasteiger partial charge is 0.307 e. The molecule has 0 spiro atoms.